The van der Waals surface area contributed by atoms with E-state index in [9.17, 15) is 4.79 Å². The SMILES string of the molecule is CC(C)CC1(C(=O)OC2CC2)SC1C. The molecule has 0 aromatic heterocycles. The van der Waals surface area contributed by atoms with Gasteiger partial charge < -0.3 is 4.74 Å². The summed E-state index contributed by atoms with van der Waals surface area (Å²) in [6, 6.07) is 0. The van der Waals surface area contributed by atoms with Crippen molar-refractivity contribution >= 4 is 17.7 Å². The Morgan fingerprint density at radius 3 is 2.50 bits per heavy atom. The van der Waals surface area contributed by atoms with E-state index in [1.54, 1.807) is 11.8 Å². The van der Waals surface area contributed by atoms with Crippen LogP contribution in [0.5, 0.6) is 0 Å². The number of thioether (sulfide) groups is 1. The van der Waals surface area contributed by atoms with Crippen LogP contribution in [0.15, 0.2) is 0 Å². The van der Waals surface area contributed by atoms with Gasteiger partial charge in [0.1, 0.15) is 10.9 Å². The predicted octanol–water partition coefficient (Wildman–Crippen LogP) is 2.61. The van der Waals surface area contributed by atoms with Crippen molar-refractivity contribution in [3.8, 4) is 0 Å². The highest BCUT2D eigenvalue weighted by Gasteiger charge is 2.60. The summed E-state index contributed by atoms with van der Waals surface area (Å²) in [4.78, 5) is 11.9. The first kappa shape index (κ1) is 10.3. The van der Waals surface area contributed by atoms with Gasteiger partial charge in [0.2, 0.25) is 0 Å². The summed E-state index contributed by atoms with van der Waals surface area (Å²) in [5.74, 6) is 0.616. The molecule has 1 saturated heterocycles. The summed E-state index contributed by atoms with van der Waals surface area (Å²) in [5.41, 5.74) is 0. The minimum atomic E-state index is -0.184. The second kappa shape index (κ2) is 3.44. The highest BCUT2D eigenvalue weighted by atomic mass is 32.2. The number of ether oxygens (including phenoxy) is 1. The van der Waals surface area contributed by atoms with E-state index >= 15 is 0 Å². The van der Waals surface area contributed by atoms with E-state index in [0.29, 0.717) is 11.2 Å². The molecule has 0 bridgehead atoms. The third kappa shape index (κ3) is 1.92. The molecule has 2 rings (SSSR count). The van der Waals surface area contributed by atoms with Gasteiger partial charge in [-0.3, -0.25) is 4.79 Å². The summed E-state index contributed by atoms with van der Waals surface area (Å²) in [5, 5.41) is 0.455. The van der Waals surface area contributed by atoms with E-state index in [1.807, 2.05) is 0 Å². The van der Waals surface area contributed by atoms with Crippen LogP contribution in [0.25, 0.3) is 0 Å². The van der Waals surface area contributed by atoms with E-state index in [-0.39, 0.29) is 16.8 Å². The zero-order valence-electron chi connectivity index (χ0n) is 9.08. The number of hydrogen-bond donors (Lipinski definition) is 0. The van der Waals surface area contributed by atoms with Crippen molar-refractivity contribution in [2.45, 2.75) is 56.1 Å². The zero-order chi connectivity index (χ0) is 10.3. The van der Waals surface area contributed by atoms with E-state index in [0.717, 1.165) is 19.3 Å². The quantitative estimate of drug-likeness (QED) is 0.531. The molecule has 3 heteroatoms. The molecule has 0 radical (unpaired) electrons. The lowest BCUT2D eigenvalue weighted by Gasteiger charge is -2.15. The largest absolute Gasteiger partial charge is 0.461 e. The molecular weight excluding hydrogens is 196 g/mol. The number of carbonyl (C=O) groups is 1. The average Bonchev–Trinajstić information content (AvgIpc) is 2.92. The molecule has 0 aromatic carbocycles. The Labute approximate surface area is 89.8 Å². The van der Waals surface area contributed by atoms with Gasteiger partial charge in [-0.1, -0.05) is 20.8 Å². The molecular formula is C11H18O2S. The molecule has 0 amide bonds. The van der Waals surface area contributed by atoms with Gasteiger partial charge in [0.05, 0.1) is 0 Å². The monoisotopic (exact) mass is 214 g/mol. The highest BCUT2D eigenvalue weighted by molar-refractivity contribution is 8.09. The first-order chi connectivity index (χ1) is 6.54. The molecule has 2 atom stereocenters. The Kier molecular flexibility index (Phi) is 2.54. The molecule has 0 spiro atoms. The maximum Gasteiger partial charge on any atom is 0.323 e. The van der Waals surface area contributed by atoms with Crippen LogP contribution in [-0.4, -0.2) is 22.1 Å². The summed E-state index contributed by atoms with van der Waals surface area (Å²) >= 11 is 1.77. The lowest BCUT2D eigenvalue weighted by molar-refractivity contribution is -0.147. The fraction of sp³-hybridized carbons (Fsp3) is 0.909. The molecule has 80 valence electrons. The normalized spacial score (nSPS) is 35.9. The molecule has 2 nitrogen and oxygen atoms in total. The van der Waals surface area contributed by atoms with Crippen LogP contribution in [0.4, 0.5) is 0 Å². The zero-order valence-corrected chi connectivity index (χ0v) is 9.89. The van der Waals surface area contributed by atoms with Crippen molar-refractivity contribution in [1.29, 1.82) is 0 Å². The second-order valence-electron chi connectivity index (χ2n) is 4.85. The van der Waals surface area contributed by atoms with Crippen molar-refractivity contribution in [2.24, 2.45) is 5.92 Å². The van der Waals surface area contributed by atoms with Crippen molar-refractivity contribution in [3.63, 3.8) is 0 Å². The fourth-order valence-corrected chi connectivity index (χ4v) is 3.17. The van der Waals surface area contributed by atoms with Crippen LogP contribution < -0.4 is 0 Å². The van der Waals surface area contributed by atoms with Crippen LogP contribution in [0, 0.1) is 5.92 Å². The van der Waals surface area contributed by atoms with Gasteiger partial charge in [-0.15, -0.1) is 11.8 Å². The van der Waals surface area contributed by atoms with Gasteiger partial charge in [0.25, 0.3) is 0 Å². The van der Waals surface area contributed by atoms with Crippen LogP contribution in [0.2, 0.25) is 0 Å². The van der Waals surface area contributed by atoms with Gasteiger partial charge in [-0.25, -0.2) is 0 Å². The van der Waals surface area contributed by atoms with E-state index < -0.39 is 0 Å². The molecule has 1 heterocycles. The molecule has 1 saturated carbocycles. The molecule has 1 aliphatic heterocycles. The average molecular weight is 214 g/mol. The third-order valence-corrected chi connectivity index (χ3v) is 4.45. The molecule has 14 heavy (non-hydrogen) atoms. The first-order valence-electron chi connectivity index (χ1n) is 5.43. The molecule has 0 N–H and O–H groups in total. The van der Waals surface area contributed by atoms with Crippen molar-refractivity contribution in [1.82, 2.24) is 0 Å². The third-order valence-electron chi connectivity index (χ3n) is 2.84. The Morgan fingerprint density at radius 2 is 2.14 bits per heavy atom. The Bertz CT molecular complexity index is 248. The minimum absolute atomic E-state index is 0.0474. The van der Waals surface area contributed by atoms with Crippen LogP contribution in [0.3, 0.4) is 0 Å². The molecule has 2 fully saturated rings. The first-order valence-corrected chi connectivity index (χ1v) is 6.31. The van der Waals surface area contributed by atoms with Gasteiger partial charge in [-0.05, 0) is 25.2 Å². The topological polar surface area (TPSA) is 26.3 Å². The Morgan fingerprint density at radius 1 is 1.57 bits per heavy atom. The molecule has 1 aliphatic carbocycles. The van der Waals surface area contributed by atoms with Crippen LogP contribution in [-0.2, 0) is 9.53 Å². The fourth-order valence-electron chi connectivity index (χ4n) is 1.84. The van der Waals surface area contributed by atoms with E-state index in [1.165, 1.54) is 0 Å². The van der Waals surface area contributed by atoms with E-state index in [2.05, 4.69) is 20.8 Å². The smallest absolute Gasteiger partial charge is 0.323 e. The summed E-state index contributed by atoms with van der Waals surface area (Å²) in [6.45, 7) is 6.46. The van der Waals surface area contributed by atoms with Gasteiger partial charge >= 0.3 is 5.97 Å². The number of carbonyl (C=O) groups excluding carboxylic acids is 1. The van der Waals surface area contributed by atoms with Crippen molar-refractivity contribution in [2.75, 3.05) is 0 Å². The number of hydrogen-bond acceptors (Lipinski definition) is 3. The summed E-state index contributed by atoms with van der Waals surface area (Å²) in [7, 11) is 0. The van der Waals surface area contributed by atoms with Gasteiger partial charge in [0, 0.05) is 5.25 Å². The van der Waals surface area contributed by atoms with Crippen molar-refractivity contribution < 1.29 is 9.53 Å². The van der Waals surface area contributed by atoms with E-state index in [4.69, 9.17) is 4.74 Å². The predicted molar refractivity (Wildman–Crippen MR) is 58.4 cm³/mol. The molecule has 2 aliphatic rings. The van der Waals surface area contributed by atoms with Crippen LogP contribution in [0.1, 0.15) is 40.0 Å². The lowest BCUT2D eigenvalue weighted by atomic mass is 9.95. The lowest BCUT2D eigenvalue weighted by Crippen LogP contribution is -2.30. The number of rotatable bonds is 4. The highest BCUT2D eigenvalue weighted by Crippen LogP contribution is 2.58. The van der Waals surface area contributed by atoms with Gasteiger partial charge in [0.15, 0.2) is 0 Å². The summed E-state index contributed by atoms with van der Waals surface area (Å²) in [6.07, 6.45) is 3.36. The number of esters is 1. The molecule has 2 unspecified atom stereocenters. The Hall–Kier alpha value is -0.180. The maximum absolute atomic E-state index is 11.9. The summed E-state index contributed by atoms with van der Waals surface area (Å²) < 4.78 is 5.22. The van der Waals surface area contributed by atoms with Gasteiger partial charge in [-0.2, -0.15) is 0 Å². The Balaban J connectivity index is 1.93. The maximum atomic E-state index is 11.9. The molecule has 0 aromatic rings. The standard InChI is InChI=1S/C11H18O2S/c1-7(2)6-11(8(3)14-11)10(12)13-9-4-5-9/h7-9H,4-6H2,1-3H3. The van der Waals surface area contributed by atoms with Crippen molar-refractivity contribution in [3.05, 3.63) is 0 Å². The minimum Gasteiger partial charge on any atom is -0.461 e. The second-order valence-corrected chi connectivity index (χ2v) is 6.52. The van der Waals surface area contributed by atoms with Crippen LogP contribution >= 0.6 is 11.8 Å².